The Morgan fingerprint density at radius 3 is 2.60 bits per heavy atom. The van der Waals surface area contributed by atoms with Crippen molar-refractivity contribution in [3.63, 3.8) is 0 Å². The van der Waals surface area contributed by atoms with E-state index in [1.807, 2.05) is 18.3 Å². The van der Waals surface area contributed by atoms with Crippen LogP contribution in [-0.4, -0.2) is 24.3 Å². The van der Waals surface area contributed by atoms with Gasteiger partial charge in [0.15, 0.2) is 0 Å². The molecule has 4 heteroatoms. The van der Waals surface area contributed by atoms with Crippen LogP contribution < -0.4 is 0 Å². The highest BCUT2D eigenvalue weighted by Crippen LogP contribution is 2.32. The van der Waals surface area contributed by atoms with Crippen LogP contribution in [0.5, 0.6) is 0 Å². The standard InChI is InChI=1S/C9H9NO.C2H4O2/c11-9-4-8(5-9)7-2-1-3-10-6-7;1-4-2-3/h1-3,6,8H,4-5H2;2H,1H3. The molecule has 1 heterocycles. The molecule has 4 nitrogen and oxygen atoms in total. The number of methoxy groups -OCH3 is 1. The number of nitrogens with zero attached hydrogens (tertiary/aromatic N) is 1. The Morgan fingerprint density at radius 1 is 1.53 bits per heavy atom. The van der Waals surface area contributed by atoms with Crippen LogP contribution in [0, 0.1) is 0 Å². The van der Waals surface area contributed by atoms with Gasteiger partial charge in [0.05, 0.1) is 7.11 Å². The molecule has 1 fully saturated rings. The number of carbonyl (C=O) groups is 2. The Bertz CT molecular complexity index is 316. The second-order valence-electron chi connectivity index (χ2n) is 3.26. The maximum Gasteiger partial charge on any atom is 0.292 e. The number of pyridine rings is 1. The zero-order valence-electron chi connectivity index (χ0n) is 8.55. The minimum Gasteiger partial charge on any atom is -0.471 e. The molecule has 2 rings (SSSR count). The van der Waals surface area contributed by atoms with Crippen molar-refractivity contribution < 1.29 is 14.3 Å². The quantitative estimate of drug-likeness (QED) is 0.686. The molecule has 1 aliphatic rings. The molecule has 0 unspecified atom stereocenters. The lowest BCUT2D eigenvalue weighted by Gasteiger charge is -2.23. The molecule has 15 heavy (non-hydrogen) atoms. The lowest BCUT2D eigenvalue weighted by Crippen LogP contribution is -2.20. The summed E-state index contributed by atoms with van der Waals surface area (Å²) < 4.78 is 3.86. The molecule has 80 valence electrons. The number of Topliss-reactive ketones (excluding diaryl/α,β-unsaturated/α-hetero) is 1. The summed E-state index contributed by atoms with van der Waals surface area (Å²) in [7, 11) is 1.31. The molecule has 1 saturated carbocycles. The molecule has 0 bridgehead atoms. The number of aromatic nitrogens is 1. The summed E-state index contributed by atoms with van der Waals surface area (Å²) in [4.78, 5) is 23.6. The summed E-state index contributed by atoms with van der Waals surface area (Å²) >= 11 is 0. The van der Waals surface area contributed by atoms with Gasteiger partial charge in [-0.25, -0.2) is 0 Å². The maximum absolute atomic E-state index is 10.7. The van der Waals surface area contributed by atoms with Gasteiger partial charge in [-0.15, -0.1) is 0 Å². The number of carbonyl (C=O) groups excluding carboxylic acids is 2. The normalized spacial score (nSPS) is 14.6. The van der Waals surface area contributed by atoms with Gasteiger partial charge in [0.1, 0.15) is 5.78 Å². The highest BCUT2D eigenvalue weighted by atomic mass is 16.5. The second kappa shape index (κ2) is 5.90. The van der Waals surface area contributed by atoms with E-state index in [1.54, 1.807) is 6.20 Å². The van der Waals surface area contributed by atoms with Crippen molar-refractivity contribution in [3.8, 4) is 0 Å². The van der Waals surface area contributed by atoms with Crippen LogP contribution in [-0.2, 0) is 14.3 Å². The van der Waals surface area contributed by atoms with Gasteiger partial charge in [-0.3, -0.25) is 14.6 Å². The fourth-order valence-corrected chi connectivity index (χ4v) is 1.34. The van der Waals surface area contributed by atoms with E-state index in [0.717, 1.165) is 0 Å². The first-order chi connectivity index (χ1) is 7.27. The molecule has 1 aromatic rings. The molecule has 0 aliphatic heterocycles. The van der Waals surface area contributed by atoms with Crippen LogP contribution in [0.3, 0.4) is 0 Å². The monoisotopic (exact) mass is 207 g/mol. The van der Waals surface area contributed by atoms with Crippen molar-refractivity contribution in [1.29, 1.82) is 0 Å². The molecule has 0 amide bonds. The van der Waals surface area contributed by atoms with E-state index in [0.29, 0.717) is 31.0 Å². The van der Waals surface area contributed by atoms with Gasteiger partial charge >= 0.3 is 0 Å². The highest BCUT2D eigenvalue weighted by Gasteiger charge is 2.27. The van der Waals surface area contributed by atoms with Crippen LogP contribution in [0.15, 0.2) is 24.5 Å². The predicted octanol–water partition coefficient (Wildman–Crippen LogP) is 1.32. The third-order valence-corrected chi connectivity index (χ3v) is 2.20. The molecule has 0 radical (unpaired) electrons. The third kappa shape index (κ3) is 3.50. The van der Waals surface area contributed by atoms with Crippen LogP contribution in [0.2, 0.25) is 0 Å². The topological polar surface area (TPSA) is 56.3 Å². The van der Waals surface area contributed by atoms with Crippen molar-refractivity contribution in [2.24, 2.45) is 0 Å². The lowest BCUT2D eigenvalue weighted by molar-refractivity contribution is -0.126. The molecule has 0 N–H and O–H groups in total. The minimum absolute atomic E-state index is 0.374. The van der Waals surface area contributed by atoms with Gasteiger partial charge < -0.3 is 4.74 Å². The first-order valence-electron chi connectivity index (χ1n) is 4.66. The van der Waals surface area contributed by atoms with Crippen LogP contribution >= 0.6 is 0 Å². The zero-order valence-corrected chi connectivity index (χ0v) is 8.55. The molecule has 0 saturated heterocycles. The molecular weight excluding hydrogens is 194 g/mol. The average Bonchev–Trinajstić information content (AvgIpc) is 2.26. The Kier molecular flexibility index (Phi) is 4.47. The summed E-state index contributed by atoms with van der Waals surface area (Å²) in [6.07, 6.45) is 5.03. The Balaban J connectivity index is 0.000000245. The smallest absolute Gasteiger partial charge is 0.292 e. The third-order valence-electron chi connectivity index (χ3n) is 2.20. The largest absolute Gasteiger partial charge is 0.471 e. The fraction of sp³-hybridized carbons (Fsp3) is 0.364. The summed E-state index contributed by atoms with van der Waals surface area (Å²) in [5.74, 6) is 0.829. The number of hydrogen-bond acceptors (Lipinski definition) is 4. The molecular formula is C11H13NO3. The average molecular weight is 207 g/mol. The van der Waals surface area contributed by atoms with Gasteiger partial charge in [0, 0.05) is 25.2 Å². The molecule has 0 aromatic carbocycles. The van der Waals surface area contributed by atoms with Gasteiger partial charge in [0.25, 0.3) is 6.47 Å². The van der Waals surface area contributed by atoms with Crippen molar-refractivity contribution >= 4 is 12.3 Å². The van der Waals surface area contributed by atoms with Crippen LogP contribution in [0.1, 0.15) is 24.3 Å². The highest BCUT2D eigenvalue weighted by molar-refractivity contribution is 5.86. The van der Waals surface area contributed by atoms with E-state index in [4.69, 9.17) is 4.79 Å². The summed E-state index contributed by atoms with van der Waals surface area (Å²) in [6, 6.07) is 3.95. The van der Waals surface area contributed by atoms with Crippen LogP contribution in [0.4, 0.5) is 0 Å². The summed E-state index contributed by atoms with van der Waals surface area (Å²) in [5, 5.41) is 0. The van der Waals surface area contributed by atoms with E-state index in [2.05, 4.69) is 9.72 Å². The van der Waals surface area contributed by atoms with Gasteiger partial charge in [-0.1, -0.05) is 6.07 Å². The number of rotatable bonds is 2. The van der Waals surface area contributed by atoms with Gasteiger partial charge in [-0.2, -0.15) is 0 Å². The Labute approximate surface area is 88.3 Å². The predicted molar refractivity (Wildman–Crippen MR) is 54.3 cm³/mol. The number of ketones is 1. The second-order valence-corrected chi connectivity index (χ2v) is 3.26. The molecule has 1 aliphatic carbocycles. The van der Waals surface area contributed by atoms with E-state index in [1.165, 1.54) is 12.7 Å². The first-order valence-corrected chi connectivity index (χ1v) is 4.66. The summed E-state index contributed by atoms with van der Waals surface area (Å²) in [6.45, 7) is 0.375. The van der Waals surface area contributed by atoms with Crippen molar-refractivity contribution in [3.05, 3.63) is 30.1 Å². The first kappa shape index (κ1) is 11.4. The fourth-order valence-electron chi connectivity index (χ4n) is 1.34. The Morgan fingerprint density at radius 2 is 2.20 bits per heavy atom. The number of hydrogen-bond donors (Lipinski definition) is 0. The van der Waals surface area contributed by atoms with Gasteiger partial charge in [0.2, 0.25) is 0 Å². The van der Waals surface area contributed by atoms with Gasteiger partial charge in [-0.05, 0) is 17.5 Å². The minimum atomic E-state index is 0.374. The van der Waals surface area contributed by atoms with Crippen LogP contribution in [0.25, 0.3) is 0 Å². The van der Waals surface area contributed by atoms with E-state index < -0.39 is 0 Å². The molecule has 0 spiro atoms. The van der Waals surface area contributed by atoms with E-state index in [-0.39, 0.29) is 0 Å². The van der Waals surface area contributed by atoms with Crippen molar-refractivity contribution in [2.75, 3.05) is 7.11 Å². The SMILES string of the molecule is COC=O.O=C1CC(c2cccnc2)C1. The van der Waals surface area contributed by atoms with Crippen molar-refractivity contribution in [1.82, 2.24) is 4.98 Å². The molecule has 1 aromatic heterocycles. The van der Waals surface area contributed by atoms with Crippen molar-refractivity contribution in [2.45, 2.75) is 18.8 Å². The maximum atomic E-state index is 10.7. The summed E-state index contributed by atoms with van der Waals surface area (Å²) in [5.41, 5.74) is 1.20. The van der Waals surface area contributed by atoms with E-state index >= 15 is 0 Å². The Hall–Kier alpha value is -1.71. The molecule has 0 atom stereocenters. The lowest BCUT2D eigenvalue weighted by atomic mass is 9.80. The number of ether oxygens (including phenoxy) is 1. The zero-order chi connectivity index (χ0) is 11.1. The van der Waals surface area contributed by atoms with E-state index in [9.17, 15) is 4.79 Å².